The lowest BCUT2D eigenvalue weighted by molar-refractivity contribution is 0.414. The summed E-state index contributed by atoms with van der Waals surface area (Å²) in [5.41, 5.74) is -5.76. The molecular weight excluding hydrogens is 274 g/mol. The van der Waals surface area contributed by atoms with Crippen molar-refractivity contribution in [1.82, 2.24) is 14.6 Å². The quantitative estimate of drug-likeness (QED) is 0.846. The smallest absolute Gasteiger partial charge is 0.215 e. The lowest BCUT2D eigenvalue weighted by Gasteiger charge is -2.08. The molecule has 2 rings (SSSR count). The Morgan fingerprint density at radius 3 is 3.00 bits per heavy atom. The van der Waals surface area contributed by atoms with E-state index in [1.165, 1.54) is 0 Å². The van der Waals surface area contributed by atoms with Crippen molar-refractivity contribution in [3.8, 4) is 0 Å². The predicted octanol–water partition coefficient (Wildman–Crippen LogP) is 1.32. The summed E-state index contributed by atoms with van der Waals surface area (Å²) in [5.74, 6) is 0. The van der Waals surface area contributed by atoms with Gasteiger partial charge in [-0.1, -0.05) is 6.04 Å². The number of hydrogen-bond donors (Lipinski definition) is 2. The first-order valence-electron chi connectivity index (χ1n) is 12.4. The number of nitrogens with zero attached hydrogens (tertiary/aromatic N) is 1. The lowest BCUT2D eigenvalue weighted by Crippen LogP contribution is -2.20. The van der Waals surface area contributed by atoms with Gasteiger partial charge in [0.25, 0.3) is 0 Å². The maximum atomic E-state index is 12.3. The van der Waals surface area contributed by atoms with E-state index >= 15 is 0 Å². The second-order valence-electron chi connectivity index (χ2n) is 3.70. The van der Waals surface area contributed by atoms with E-state index in [1.54, 1.807) is 4.72 Å². The standard InChI is InChI=1S/C14H21N3O2S/c1-15-20(18,19)10-11-4-5-14-13(8-11)12(9-16-14)6-7-17(2)3/h4-5,8-9,15-16H,6-7,10H2,1-3H3/i2D3,3D3,4D,5D,6D2,8D,9D,10D2. The van der Waals surface area contributed by atoms with Crippen molar-refractivity contribution in [3.63, 3.8) is 0 Å². The Balaban J connectivity index is 2.94. The summed E-state index contributed by atoms with van der Waals surface area (Å²) in [5, 5.41) is -0.641. The van der Waals surface area contributed by atoms with Gasteiger partial charge < -0.3 is 9.88 Å². The average molecular weight is 309 g/mol. The van der Waals surface area contributed by atoms with Crippen molar-refractivity contribution in [2.24, 2.45) is 0 Å². The molecule has 6 heteroatoms. The maximum absolute atomic E-state index is 12.3. The SMILES string of the molecule is [2H]c1[nH]c2c([2H])c([2H])c(C([2H])([2H])S(=O)(=O)NC)c([2H])c2c1C([2H])([2H])CN(C([2H])([2H])[2H])C([2H])([2H])[2H]. The molecule has 0 amide bonds. The van der Waals surface area contributed by atoms with Gasteiger partial charge in [0.05, 0.1) is 11.2 Å². The number of aromatic amines is 1. The van der Waals surface area contributed by atoms with E-state index < -0.39 is 88.9 Å². The predicted molar refractivity (Wildman–Crippen MR) is 82.2 cm³/mol. The first-order valence-corrected chi connectivity index (χ1v) is 6.84. The zero-order valence-electron chi connectivity index (χ0n) is 24.4. The molecule has 0 bridgehead atoms. The average Bonchev–Trinajstić information content (AvgIpc) is 3.01. The van der Waals surface area contributed by atoms with Gasteiger partial charge in [0.15, 0.2) is 0 Å². The Morgan fingerprint density at radius 2 is 2.30 bits per heavy atom. The molecule has 110 valence electrons. The number of rotatable bonds is 6. The number of aromatic nitrogens is 1. The van der Waals surface area contributed by atoms with Gasteiger partial charge in [-0.15, -0.1) is 0 Å². The lowest BCUT2D eigenvalue weighted by atomic mass is 10.1. The number of H-pyrrole nitrogens is 1. The summed E-state index contributed by atoms with van der Waals surface area (Å²) in [6, 6.07) is -2.86. The minimum Gasteiger partial charge on any atom is -0.361 e. The topological polar surface area (TPSA) is 65.2 Å². The molecule has 2 aromatic rings. The van der Waals surface area contributed by atoms with Crippen LogP contribution in [0.15, 0.2) is 24.3 Å². The molecule has 0 aliphatic rings. The Morgan fingerprint density at radius 1 is 1.50 bits per heavy atom. The second kappa shape index (κ2) is 5.95. The van der Waals surface area contributed by atoms with Gasteiger partial charge >= 0.3 is 0 Å². The molecule has 5 nitrogen and oxygen atoms in total. The summed E-state index contributed by atoms with van der Waals surface area (Å²) in [6.07, 6.45) is -3.75. The summed E-state index contributed by atoms with van der Waals surface area (Å²) in [6.45, 7) is -7.88. The van der Waals surface area contributed by atoms with Crippen LogP contribution < -0.4 is 4.72 Å². The zero-order chi connectivity index (χ0) is 26.8. The fourth-order valence-corrected chi connectivity index (χ4v) is 1.87. The van der Waals surface area contributed by atoms with Gasteiger partial charge in [-0.3, -0.25) is 0 Å². The second-order valence-corrected chi connectivity index (χ2v) is 5.32. The number of fused-ring (bicyclic) bond motifs is 1. The van der Waals surface area contributed by atoms with Crippen LogP contribution in [0.4, 0.5) is 0 Å². The minimum atomic E-state index is -4.83. The minimum absolute atomic E-state index is 0.103. The molecule has 1 aromatic heterocycles. The van der Waals surface area contributed by atoms with E-state index in [9.17, 15) is 8.42 Å². The number of likely N-dealkylation sites (N-methyl/N-ethyl adjacent to an activating group) is 1. The molecule has 0 fully saturated rings. The first kappa shape index (κ1) is 5.12. The van der Waals surface area contributed by atoms with Crippen LogP contribution in [0.25, 0.3) is 10.9 Å². The molecule has 20 heavy (non-hydrogen) atoms. The van der Waals surface area contributed by atoms with Crippen LogP contribution in [0.3, 0.4) is 0 Å². The monoisotopic (exact) mass is 309 g/mol. The van der Waals surface area contributed by atoms with E-state index in [0.717, 1.165) is 7.05 Å². The Hall–Kier alpha value is -1.37. The highest BCUT2D eigenvalue weighted by Crippen LogP contribution is 2.21. The summed E-state index contributed by atoms with van der Waals surface area (Å²) >= 11 is 0. The molecular formula is C14H21N3O2S. The van der Waals surface area contributed by atoms with Crippen molar-refractivity contribution in [1.29, 1.82) is 0 Å². The number of hydrogen-bond acceptors (Lipinski definition) is 3. The van der Waals surface area contributed by atoms with Gasteiger partial charge in [-0.25, -0.2) is 13.1 Å². The van der Waals surface area contributed by atoms with Gasteiger partial charge in [0.1, 0.15) is 0 Å². The molecule has 0 aliphatic carbocycles. The van der Waals surface area contributed by atoms with Crippen molar-refractivity contribution in [2.75, 3.05) is 27.5 Å². The van der Waals surface area contributed by atoms with E-state index in [1.807, 2.05) is 0 Å². The van der Waals surface area contributed by atoms with Crippen LogP contribution in [0.1, 0.15) is 30.3 Å². The fraction of sp³-hybridized carbons (Fsp3) is 0.429. The van der Waals surface area contributed by atoms with Crippen molar-refractivity contribution < 1.29 is 27.6 Å². The van der Waals surface area contributed by atoms with Crippen LogP contribution >= 0.6 is 0 Å². The van der Waals surface area contributed by atoms with Crippen LogP contribution in [-0.2, 0) is 22.1 Å². The summed E-state index contributed by atoms with van der Waals surface area (Å²) in [4.78, 5) is 2.17. The Labute approximate surface area is 139 Å². The molecule has 1 aromatic carbocycles. The van der Waals surface area contributed by atoms with Crippen LogP contribution in [0, 0.1) is 0 Å². The van der Waals surface area contributed by atoms with E-state index in [4.69, 9.17) is 19.2 Å². The molecule has 1 heterocycles. The van der Waals surface area contributed by atoms with E-state index in [0.29, 0.717) is 0 Å². The third-order valence-electron chi connectivity index (χ3n) is 2.29. The van der Waals surface area contributed by atoms with Crippen molar-refractivity contribution in [2.45, 2.75) is 12.1 Å². The fourth-order valence-electron chi connectivity index (χ4n) is 1.40. The highest BCUT2D eigenvalue weighted by atomic mass is 32.2. The van der Waals surface area contributed by atoms with Crippen LogP contribution in [0.5, 0.6) is 0 Å². The van der Waals surface area contributed by atoms with E-state index in [2.05, 4.69) is 4.98 Å². The molecule has 2 N–H and O–H groups in total. The molecule has 0 spiro atoms. The third-order valence-corrected chi connectivity index (χ3v) is 3.30. The summed E-state index contributed by atoms with van der Waals surface area (Å²) in [7, 11) is -3.94. The number of sulfonamides is 1. The third kappa shape index (κ3) is 3.59. The van der Waals surface area contributed by atoms with Crippen molar-refractivity contribution in [3.05, 3.63) is 35.4 Å². The Bertz CT molecular complexity index is 1200. The van der Waals surface area contributed by atoms with Gasteiger partial charge in [0.2, 0.25) is 10.0 Å². The molecule has 0 atom stereocenters. The molecule has 0 saturated carbocycles. The Kier molecular flexibility index (Phi) is 1.52. The maximum Gasteiger partial charge on any atom is 0.215 e. The van der Waals surface area contributed by atoms with Gasteiger partial charge in [0, 0.05) is 37.3 Å². The van der Waals surface area contributed by atoms with Gasteiger partial charge in [-0.05, 0) is 50.6 Å². The molecule has 0 saturated heterocycles. The summed E-state index contributed by atoms with van der Waals surface area (Å²) < 4.78 is 136. The van der Waals surface area contributed by atoms with Crippen molar-refractivity contribution >= 4 is 20.9 Å². The first-order chi connectivity index (χ1) is 15.0. The number of nitrogens with one attached hydrogen (secondary N) is 2. The van der Waals surface area contributed by atoms with Crippen LogP contribution in [0.2, 0.25) is 0 Å². The number of benzene rings is 1. The molecule has 0 unspecified atom stereocenters. The van der Waals surface area contributed by atoms with Crippen LogP contribution in [-0.4, -0.2) is 45.8 Å². The van der Waals surface area contributed by atoms with E-state index in [-0.39, 0.29) is 4.90 Å². The zero-order valence-corrected chi connectivity index (χ0v) is 11.2. The largest absolute Gasteiger partial charge is 0.361 e. The molecule has 0 aliphatic heterocycles. The van der Waals surface area contributed by atoms with Gasteiger partial charge in [-0.2, -0.15) is 0 Å². The normalized spacial score (nSPS) is 25.3. The highest BCUT2D eigenvalue weighted by Gasteiger charge is 2.11. The molecule has 0 radical (unpaired) electrons. The highest BCUT2D eigenvalue weighted by molar-refractivity contribution is 7.88.